The molecule has 0 aromatic heterocycles. The third kappa shape index (κ3) is 9.02. The Labute approximate surface area is 149 Å². The van der Waals surface area contributed by atoms with Gasteiger partial charge in [-0.3, -0.25) is 0 Å². The van der Waals surface area contributed by atoms with Crippen LogP contribution in [0.25, 0.3) is 0 Å². The van der Waals surface area contributed by atoms with Crippen LogP contribution < -0.4 is 0 Å². The quantitative estimate of drug-likeness (QED) is 0.452. The molecular formula is C15H36O7Si2. The van der Waals surface area contributed by atoms with Gasteiger partial charge in [0.1, 0.15) is 0 Å². The Morgan fingerprint density at radius 1 is 0.625 bits per heavy atom. The predicted octanol–water partition coefficient (Wildman–Crippen LogP) is 3.26. The van der Waals surface area contributed by atoms with Crippen LogP contribution in [0.15, 0.2) is 0 Å². The molecule has 9 heteroatoms. The molecule has 7 nitrogen and oxygen atoms in total. The van der Waals surface area contributed by atoms with Crippen LogP contribution in [0.2, 0.25) is 0 Å². The highest BCUT2D eigenvalue weighted by molar-refractivity contribution is 6.68. The van der Waals surface area contributed by atoms with Crippen LogP contribution in [0.5, 0.6) is 0 Å². The predicted molar refractivity (Wildman–Crippen MR) is 96.1 cm³/mol. The van der Waals surface area contributed by atoms with Crippen molar-refractivity contribution >= 4 is 18.1 Å². The largest absolute Gasteiger partial charge is 0.674 e. The fourth-order valence-corrected chi connectivity index (χ4v) is 7.55. The van der Waals surface area contributed by atoms with E-state index in [-0.39, 0.29) is 24.4 Å². The molecule has 0 radical (unpaired) electrons. The maximum Gasteiger partial charge on any atom is 0.674 e. The highest BCUT2D eigenvalue weighted by Gasteiger charge is 2.60. The van der Waals surface area contributed by atoms with Crippen LogP contribution in [-0.2, 0) is 30.7 Å². The lowest BCUT2D eigenvalue weighted by molar-refractivity contribution is -0.0919. The second-order valence-corrected chi connectivity index (χ2v) is 10.9. The maximum atomic E-state index is 6.20. The zero-order valence-corrected chi connectivity index (χ0v) is 18.9. The Morgan fingerprint density at radius 2 is 0.958 bits per heavy atom. The molecule has 0 aromatic rings. The molecule has 0 aliphatic heterocycles. The lowest BCUT2D eigenvalue weighted by Gasteiger charge is -2.38. The van der Waals surface area contributed by atoms with Crippen LogP contribution in [0.4, 0.5) is 0 Å². The summed E-state index contributed by atoms with van der Waals surface area (Å²) in [6.07, 6.45) is -0.609. The topological polar surface area (TPSA) is 64.6 Å². The minimum absolute atomic E-state index is 0.146. The van der Waals surface area contributed by atoms with Crippen LogP contribution >= 0.6 is 0 Å². The van der Waals surface area contributed by atoms with Gasteiger partial charge in [0.2, 0.25) is 0 Å². The van der Waals surface area contributed by atoms with E-state index in [9.17, 15) is 0 Å². The van der Waals surface area contributed by atoms with Crippen LogP contribution in [0.3, 0.4) is 0 Å². The zero-order valence-electron chi connectivity index (χ0n) is 16.9. The van der Waals surface area contributed by atoms with Crippen LogP contribution in [0, 0.1) is 0 Å². The Hall–Kier alpha value is 0.154. The minimum atomic E-state index is -3.56. The second-order valence-electron chi connectivity index (χ2n) is 6.41. The van der Waals surface area contributed by atoms with Crippen molar-refractivity contribution < 1.29 is 30.7 Å². The van der Waals surface area contributed by atoms with Crippen molar-refractivity contribution in [2.24, 2.45) is 0 Å². The Kier molecular flexibility index (Phi) is 11.1. The van der Waals surface area contributed by atoms with E-state index in [0.717, 1.165) is 0 Å². The lowest BCUT2D eigenvalue weighted by Crippen LogP contribution is -2.64. The van der Waals surface area contributed by atoms with E-state index in [2.05, 4.69) is 0 Å². The van der Waals surface area contributed by atoms with E-state index in [4.69, 9.17) is 30.7 Å². The van der Waals surface area contributed by atoms with Crippen molar-refractivity contribution in [1.29, 1.82) is 0 Å². The first-order chi connectivity index (χ1) is 11.0. The molecule has 0 aliphatic rings. The molecule has 1 atom stereocenters. The fraction of sp³-hybridized carbons (Fsp3) is 1.00. The summed E-state index contributed by atoms with van der Waals surface area (Å²) >= 11 is 0. The van der Waals surface area contributed by atoms with Crippen molar-refractivity contribution in [1.82, 2.24) is 0 Å². The molecule has 0 aliphatic carbocycles. The molecule has 0 aromatic carbocycles. The third-order valence-electron chi connectivity index (χ3n) is 2.34. The molecule has 0 spiro atoms. The molecule has 0 fully saturated rings. The van der Waals surface area contributed by atoms with E-state index in [0.29, 0.717) is 6.61 Å². The molecule has 146 valence electrons. The average Bonchev–Trinajstić information content (AvgIpc) is 2.34. The number of rotatable bonds is 13. The van der Waals surface area contributed by atoms with Gasteiger partial charge in [0.05, 0.1) is 0 Å². The van der Waals surface area contributed by atoms with Crippen molar-refractivity contribution in [3.63, 3.8) is 0 Å². The molecule has 24 heavy (non-hydrogen) atoms. The van der Waals surface area contributed by atoms with E-state index in [1.807, 2.05) is 62.3 Å². The van der Waals surface area contributed by atoms with Gasteiger partial charge in [-0.2, -0.15) is 0 Å². The smallest absolute Gasteiger partial charge is 0.355 e. The van der Waals surface area contributed by atoms with Gasteiger partial charge in [0, 0.05) is 38.1 Å². The fourth-order valence-electron chi connectivity index (χ4n) is 1.88. The van der Waals surface area contributed by atoms with Gasteiger partial charge in [-0.1, -0.05) is 0 Å². The van der Waals surface area contributed by atoms with Crippen molar-refractivity contribution in [3.05, 3.63) is 0 Å². The van der Waals surface area contributed by atoms with Crippen molar-refractivity contribution in [2.75, 3.05) is 13.7 Å². The first kappa shape index (κ1) is 24.2. The number of hydrogen-bond acceptors (Lipinski definition) is 7. The molecule has 0 saturated heterocycles. The molecular weight excluding hydrogens is 348 g/mol. The summed E-state index contributed by atoms with van der Waals surface area (Å²) in [7, 11) is -5.54. The number of hydrogen-bond donors (Lipinski definition) is 0. The molecule has 0 heterocycles. The first-order valence-corrected chi connectivity index (χ1v) is 11.9. The van der Waals surface area contributed by atoms with Crippen molar-refractivity contribution in [3.8, 4) is 0 Å². The Balaban J connectivity index is 5.76. The van der Waals surface area contributed by atoms with Crippen LogP contribution in [0.1, 0.15) is 62.3 Å². The highest BCUT2D eigenvalue weighted by atomic mass is 28.5. The molecule has 0 saturated carbocycles. The van der Waals surface area contributed by atoms with Gasteiger partial charge in [0.25, 0.3) is 0 Å². The van der Waals surface area contributed by atoms with Gasteiger partial charge in [-0.25, -0.2) is 0 Å². The molecule has 0 amide bonds. The van der Waals surface area contributed by atoms with Gasteiger partial charge in [0.15, 0.2) is 0 Å². The normalized spacial score (nSPS) is 15.8. The molecule has 0 N–H and O–H groups in total. The summed E-state index contributed by atoms with van der Waals surface area (Å²) in [6.45, 7) is 17.4. The summed E-state index contributed by atoms with van der Waals surface area (Å²) in [5.74, 6) is 0. The van der Waals surface area contributed by atoms with E-state index >= 15 is 0 Å². The van der Waals surface area contributed by atoms with E-state index in [1.165, 1.54) is 7.11 Å². The summed E-state index contributed by atoms with van der Waals surface area (Å²) in [5.41, 5.74) is 0. The lowest BCUT2D eigenvalue weighted by atomic mass is 10.5. The van der Waals surface area contributed by atoms with Gasteiger partial charge in [-0.15, -0.1) is 0 Å². The van der Waals surface area contributed by atoms with Gasteiger partial charge < -0.3 is 30.7 Å². The van der Waals surface area contributed by atoms with Gasteiger partial charge in [-0.05, 0) is 62.3 Å². The third-order valence-corrected chi connectivity index (χ3v) is 8.52. The summed E-state index contributed by atoms with van der Waals surface area (Å²) in [6, 6.07) is 0. The Morgan fingerprint density at radius 3 is 1.21 bits per heavy atom. The molecule has 0 unspecified atom stereocenters. The van der Waals surface area contributed by atoms with E-state index < -0.39 is 18.1 Å². The average molecular weight is 385 g/mol. The summed E-state index contributed by atoms with van der Waals surface area (Å²) in [4.78, 5) is 0. The summed E-state index contributed by atoms with van der Waals surface area (Å²) in [5, 5.41) is 0. The van der Waals surface area contributed by atoms with Crippen molar-refractivity contribution in [2.45, 2.75) is 86.7 Å². The first-order valence-electron chi connectivity index (χ1n) is 8.60. The van der Waals surface area contributed by atoms with E-state index in [1.54, 1.807) is 0 Å². The molecule has 0 rings (SSSR count). The monoisotopic (exact) mass is 384 g/mol. The van der Waals surface area contributed by atoms with Crippen LogP contribution in [-0.4, -0.2) is 56.2 Å². The second kappa shape index (κ2) is 11.0. The van der Waals surface area contributed by atoms with Gasteiger partial charge >= 0.3 is 18.1 Å². The highest BCUT2D eigenvalue weighted by Crippen LogP contribution is 2.26. The minimum Gasteiger partial charge on any atom is -0.355 e. The maximum absolute atomic E-state index is 6.20. The standard InChI is InChI=1S/C15H36O7Si2/c1-11-17-23(16-10,18-12(2)3)22-24(19-13(4)5,20-14(6)7)21-15(8)9/h12-15H,11H2,1-10H3/t23-/m0/s1. The SMILES string of the molecule is CCO[Si@@](OC)(OC(C)C)O[Si](OC(C)C)(OC(C)C)OC(C)C. The molecule has 0 bridgehead atoms. The Bertz CT molecular complexity index is 313. The summed E-state index contributed by atoms with van der Waals surface area (Å²) < 4.78 is 41.4. The zero-order chi connectivity index (χ0) is 19.0.